The molecule has 1 aliphatic rings. The number of likely N-dealkylation sites (tertiary alicyclic amines) is 1. The van der Waals surface area contributed by atoms with Crippen LogP contribution in [0.5, 0.6) is 5.75 Å². The van der Waals surface area contributed by atoms with E-state index in [9.17, 15) is 0 Å². The van der Waals surface area contributed by atoms with Crippen molar-refractivity contribution in [3.8, 4) is 5.75 Å². The second-order valence-corrected chi connectivity index (χ2v) is 5.03. The lowest BCUT2D eigenvalue weighted by molar-refractivity contribution is 0.0997. The molecule has 99 valence electrons. The standard InChI is InChI=1S/C16H24NO/c1-2-3-7-12-17-13-10-16(11-14-17)18-15-8-5-4-6-9-15/h4-6,8-9,16H,1-3,7,10-14H2. The highest BCUT2D eigenvalue weighted by molar-refractivity contribution is 5.21. The van der Waals surface area contributed by atoms with Gasteiger partial charge in [-0.2, -0.15) is 0 Å². The van der Waals surface area contributed by atoms with Crippen molar-refractivity contribution in [2.24, 2.45) is 0 Å². The van der Waals surface area contributed by atoms with Gasteiger partial charge in [0.1, 0.15) is 11.9 Å². The fraction of sp³-hybridized carbons (Fsp3) is 0.562. The second kappa shape index (κ2) is 7.42. The van der Waals surface area contributed by atoms with Gasteiger partial charge in [-0.3, -0.25) is 0 Å². The molecule has 2 rings (SSSR count). The summed E-state index contributed by atoms with van der Waals surface area (Å²) in [5, 5.41) is 0. The van der Waals surface area contributed by atoms with Crippen molar-refractivity contribution < 1.29 is 4.74 Å². The summed E-state index contributed by atoms with van der Waals surface area (Å²) in [6, 6.07) is 10.2. The molecule has 0 amide bonds. The summed E-state index contributed by atoms with van der Waals surface area (Å²) in [4.78, 5) is 2.56. The average Bonchev–Trinajstić information content (AvgIpc) is 2.42. The number of hydrogen-bond donors (Lipinski definition) is 0. The first-order chi connectivity index (χ1) is 8.88. The SMILES string of the molecule is [CH2]CCCCN1CCC(Oc2ccccc2)CC1. The first kappa shape index (κ1) is 13.4. The van der Waals surface area contributed by atoms with Gasteiger partial charge in [0.05, 0.1) is 0 Å². The molecule has 2 nitrogen and oxygen atoms in total. The molecule has 1 aromatic rings. The summed E-state index contributed by atoms with van der Waals surface area (Å²) in [6.45, 7) is 7.47. The van der Waals surface area contributed by atoms with Crippen LogP contribution in [0.2, 0.25) is 0 Å². The Morgan fingerprint density at radius 1 is 1.11 bits per heavy atom. The van der Waals surface area contributed by atoms with Crippen LogP contribution in [0.25, 0.3) is 0 Å². The van der Waals surface area contributed by atoms with Gasteiger partial charge in [0.25, 0.3) is 0 Å². The Balaban J connectivity index is 1.67. The molecule has 2 heteroatoms. The molecular formula is C16H24NO. The van der Waals surface area contributed by atoms with Crippen LogP contribution in [-0.4, -0.2) is 30.6 Å². The van der Waals surface area contributed by atoms with Crippen molar-refractivity contribution in [3.05, 3.63) is 37.3 Å². The molecular weight excluding hydrogens is 222 g/mol. The minimum Gasteiger partial charge on any atom is -0.490 e. The van der Waals surface area contributed by atoms with Gasteiger partial charge in [-0.15, -0.1) is 0 Å². The Hall–Kier alpha value is -1.02. The lowest BCUT2D eigenvalue weighted by Crippen LogP contribution is -2.38. The van der Waals surface area contributed by atoms with Crippen LogP contribution < -0.4 is 4.74 Å². The highest BCUT2D eigenvalue weighted by atomic mass is 16.5. The molecule has 0 saturated carbocycles. The Bertz CT molecular complexity index is 317. The van der Waals surface area contributed by atoms with E-state index in [1.165, 1.54) is 32.5 Å². The van der Waals surface area contributed by atoms with Crippen molar-refractivity contribution in [1.29, 1.82) is 0 Å². The highest BCUT2D eigenvalue weighted by Gasteiger charge is 2.19. The molecule has 1 heterocycles. The molecule has 1 fully saturated rings. The molecule has 0 aromatic heterocycles. The minimum absolute atomic E-state index is 0.400. The van der Waals surface area contributed by atoms with Crippen LogP contribution >= 0.6 is 0 Å². The van der Waals surface area contributed by atoms with Gasteiger partial charge in [0, 0.05) is 13.1 Å². The molecule has 1 radical (unpaired) electrons. The molecule has 0 aliphatic carbocycles. The highest BCUT2D eigenvalue weighted by Crippen LogP contribution is 2.18. The van der Waals surface area contributed by atoms with Gasteiger partial charge in [-0.1, -0.05) is 38.0 Å². The van der Waals surface area contributed by atoms with Crippen LogP contribution in [0.1, 0.15) is 32.1 Å². The first-order valence-electron chi connectivity index (χ1n) is 7.12. The normalized spacial score (nSPS) is 17.8. The van der Waals surface area contributed by atoms with E-state index in [0.29, 0.717) is 6.10 Å². The maximum atomic E-state index is 5.99. The van der Waals surface area contributed by atoms with Gasteiger partial charge >= 0.3 is 0 Å². The van der Waals surface area contributed by atoms with Crippen molar-refractivity contribution in [2.75, 3.05) is 19.6 Å². The Kier molecular flexibility index (Phi) is 5.53. The lowest BCUT2D eigenvalue weighted by atomic mass is 10.1. The topological polar surface area (TPSA) is 12.5 Å². The van der Waals surface area contributed by atoms with Gasteiger partial charge < -0.3 is 9.64 Å². The Labute approximate surface area is 111 Å². The molecule has 18 heavy (non-hydrogen) atoms. The van der Waals surface area contributed by atoms with E-state index in [4.69, 9.17) is 4.74 Å². The van der Waals surface area contributed by atoms with Gasteiger partial charge in [-0.05, 0) is 37.9 Å². The number of piperidine rings is 1. The number of unbranched alkanes of at least 4 members (excludes halogenated alkanes) is 2. The van der Waals surface area contributed by atoms with Crippen LogP contribution in [0.15, 0.2) is 30.3 Å². The smallest absolute Gasteiger partial charge is 0.119 e. The number of para-hydroxylation sites is 1. The van der Waals surface area contributed by atoms with E-state index in [-0.39, 0.29) is 0 Å². The first-order valence-corrected chi connectivity index (χ1v) is 7.12. The predicted octanol–water partition coefficient (Wildman–Crippen LogP) is 3.53. The Morgan fingerprint density at radius 3 is 2.50 bits per heavy atom. The maximum Gasteiger partial charge on any atom is 0.119 e. The second-order valence-electron chi connectivity index (χ2n) is 5.03. The number of rotatable bonds is 6. The lowest BCUT2D eigenvalue weighted by Gasteiger charge is -2.32. The molecule has 0 N–H and O–H groups in total. The molecule has 1 aliphatic heterocycles. The largest absolute Gasteiger partial charge is 0.490 e. The molecule has 0 bridgehead atoms. The summed E-state index contributed by atoms with van der Waals surface area (Å²) >= 11 is 0. The van der Waals surface area contributed by atoms with E-state index in [1.54, 1.807) is 0 Å². The number of ether oxygens (including phenoxy) is 1. The number of benzene rings is 1. The van der Waals surface area contributed by atoms with Crippen molar-refractivity contribution >= 4 is 0 Å². The van der Waals surface area contributed by atoms with Gasteiger partial charge in [0.15, 0.2) is 0 Å². The molecule has 1 aromatic carbocycles. The van der Waals surface area contributed by atoms with Crippen LogP contribution in [0.3, 0.4) is 0 Å². The van der Waals surface area contributed by atoms with E-state index in [0.717, 1.165) is 25.0 Å². The van der Waals surface area contributed by atoms with Gasteiger partial charge in [-0.25, -0.2) is 0 Å². The zero-order chi connectivity index (χ0) is 12.6. The third kappa shape index (κ3) is 4.34. The van der Waals surface area contributed by atoms with E-state index in [2.05, 4.69) is 11.8 Å². The molecule has 0 unspecified atom stereocenters. The van der Waals surface area contributed by atoms with E-state index >= 15 is 0 Å². The van der Waals surface area contributed by atoms with E-state index in [1.807, 2.05) is 30.3 Å². The van der Waals surface area contributed by atoms with Crippen LogP contribution in [0, 0.1) is 6.92 Å². The zero-order valence-electron chi connectivity index (χ0n) is 11.2. The minimum atomic E-state index is 0.400. The zero-order valence-corrected chi connectivity index (χ0v) is 11.2. The molecule has 1 saturated heterocycles. The summed E-state index contributed by atoms with van der Waals surface area (Å²) < 4.78 is 5.99. The van der Waals surface area contributed by atoms with Crippen LogP contribution in [-0.2, 0) is 0 Å². The number of nitrogens with zero attached hydrogens (tertiary/aromatic N) is 1. The quantitative estimate of drug-likeness (QED) is 0.712. The summed E-state index contributed by atoms with van der Waals surface area (Å²) in [5.41, 5.74) is 0. The van der Waals surface area contributed by atoms with Crippen molar-refractivity contribution in [3.63, 3.8) is 0 Å². The summed E-state index contributed by atoms with van der Waals surface area (Å²) in [5.74, 6) is 1.01. The third-order valence-electron chi connectivity index (χ3n) is 3.55. The fourth-order valence-corrected chi connectivity index (χ4v) is 2.45. The van der Waals surface area contributed by atoms with Crippen molar-refractivity contribution in [1.82, 2.24) is 4.90 Å². The summed E-state index contributed by atoms with van der Waals surface area (Å²) in [6.07, 6.45) is 6.30. The fourth-order valence-electron chi connectivity index (χ4n) is 2.45. The van der Waals surface area contributed by atoms with Crippen molar-refractivity contribution in [2.45, 2.75) is 38.2 Å². The number of hydrogen-bond acceptors (Lipinski definition) is 2. The van der Waals surface area contributed by atoms with Gasteiger partial charge in [0.2, 0.25) is 0 Å². The maximum absolute atomic E-state index is 5.99. The van der Waals surface area contributed by atoms with Crippen LogP contribution in [0.4, 0.5) is 0 Å². The molecule has 0 atom stereocenters. The average molecular weight is 246 g/mol. The predicted molar refractivity (Wildman–Crippen MR) is 75.7 cm³/mol. The van der Waals surface area contributed by atoms with E-state index < -0.39 is 0 Å². The molecule has 0 spiro atoms. The summed E-state index contributed by atoms with van der Waals surface area (Å²) in [7, 11) is 0. The monoisotopic (exact) mass is 246 g/mol. The Morgan fingerprint density at radius 2 is 1.83 bits per heavy atom. The third-order valence-corrected chi connectivity index (χ3v) is 3.55.